The summed E-state index contributed by atoms with van der Waals surface area (Å²) in [7, 11) is 0. The maximum atomic E-state index is 9.93. The van der Waals surface area contributed by atoms with Gasteiger partial charge >= 0.3 is 0 Å². The molecule has 3 heterocycles. The number of tetrazole rings is 1. The molecule has 3 rings (SSSR count). The lowest BCUT2D eigenvalue weighted by Crippen LogP contribution is -2.01. The maximum Gasteiger partial charge on any atom is 0.202 e. The van der Waals surface area contributed by atoms with Gasteiger partial charge in [0, 0.05) is 28.6 Å². The molecule has 108 valence electrons. The van der Waals surface area contributed by atoms with Gasteiger partial charge in [0.05, 0.1) is 0 Å². The first-order valence-corrected chi connectivity index (χ1v) is 7.51. The molecule has 0 aliphatic rings. The predicted molar refractivity (Wildman–Crippen MR) is 78.8 cm³/mol. The van der Waals surface area contributed by atoms with Crippen molar-refractivity contribution in [3.63, 3.8) is 0 Å². The van der Waals surface area contributed by atoms with E-state index in [4.69, 9.17) is 0 Å². The van der Waals surface area contributed by atoms with Crippen LogP contribution in [0.25, 0.3) is 0 Å². The fraction of sp³-hybridized carbons (Fsp3) is 0.286. The highest BCUT2D eigenvalue weighted by Gasteiger charge is 2.13. The van der Waals surface area contributed by atoms with E-state index in [0.29, 0.717) is 12.2 Å². The quantitative estimate of drug-likeness (QED) is 0.726. The van der Waals surface area contributed by atoms with Crippen LogP contribution in [0.5, 0.6) is 0 Å². The molecule has 3 aromatic heterocycles. The van der Waals surface area contributed by atoms with Gasteiger partial charge in [0.25, 0.3) is 0 Å². The molecule has 0 amide bonds. The molecule has 0 saturated heterocycles. The Morgan fingerprint density at radius 3 is 2.71 bits per heavy atom. The van der Waals surface area contributed by atoms with Crippen molar-refractivity contribution in [2.75, 3.05) is 0 Å². The second kappa shape index (κ2) is 6.55. The monoisotopic (exact) mass is 301 g/mol. The number of thiophene rings is 1. The lowest BCUT2D eigenvalue weighted by atomic mass is 10.1. The number of nitrogens with zero attached hydrogens (tertiary/aromatic N) is 4. The molecular weight excluding hydrogens is 286 g/mol. The van der Waals surface area contributed by atoms with E-state index in [0.717, 1.165) is 12.8 Å². The number of pyridine rings is 1. The van der Waals surface area contributed by atoms with Crippen molar-refractivity contribution in [3.05, 3.63) is 57.8 Å². The van der Waals surface area contributed by atoms with Crippen molar-refractivity contribution < 1.29 is 5.11 Å². The standard InChI is InChI=1S/C14H15N5OS/c20-13(14-16-18-19-17-14)4-3-11-1-2-12(21-11)9-10-5-7-15-8-6-10/h1-2,5-8,13,20H,3-4,9H2,(H,16,17,18,19). The fourth-order valence-electron chi connectivity index (χ4n) is 2.07. The molecule has 0 aromatic carbocycles. The second-order valence-corrected chi connectivity index (χ2v) is 5.98. The molecule has 0 saturated carbocycles. The summed E-state index contributed by atoms with van der Waals surface area (Å²) >= 11 is 1.77. The van der Waals surface area contributed by atoms with Gasteiger partial charge in [-0.3, -0.25) is 4.98 Å². The minimum absolute atomic E-state index is 0.351. The molecule has 0 bridgehead atoms. The van der Waals surface area contributed by atoms with Crippen LogP contribution in [0.1, 0.15) is 33.7 Å². The number of nitrogens with one attached hydrogen (secondary N) is 1. The third kappa shape index (κ3) is 3.71. The first-order chi connectivity index (χ1) is 10.3. The summed E-state index contributed by atoms with van der Waals surface area (Å²) in [5.41, 5.74) is 1.25. The van der Waals surface area contributed by atoms with Crippen LogP contribution in [0.4, 0.5) is 0 Å². The summed E-state index contributed by atoms with van der Waals surface area (Å²) in [5, 5.41) is 23.3. The summed E-state index contributed by atoms with van der Waals surface area (Å²) in [6.07, 6.45) is 5.26. The van der Waals surface area contributed by atoms with Crippen LogP contribution in [0.2, 0.25) is 0 Å². The Hall–Kier alpha value is -2.12. The molecule has 0 radical (unpaired) electrons. The third-order valence-corrected chi connectivity index (χ3v) is 4.31. The number of H-pyrrole nitrogens is 1. The van der Waals surface area contributed by atoms with Gasteiger partial charge < -0.3 is 5.11 Å². The molecule has 6 nitrogen and oxygen atoms in total. The Morgan fingerprint density at radius 2 is 1.95 bits per heavy atom. The zero-order valence-corrected chi connectivity index (χ0v) is 12.1. The van der Waals surface area contributed by atoms with Crippen LogP contribution in [0.15, 0.2) is 36.7 Å². The molecule has 1 atom stereocenters. The van der Waals surface area contributed by atoms with Crippen molar-refractivity contribution in [3.8, 4) is 0 Å². The number of hydrogen-bond donors (Lipinski definition) is 2. The van der Waals surface area contributed by atoms with Gasteiger partial charge in [-0.25, -0.2) is 0 Å². The average molecular weight is 301 g/mol. The predicted octanol–water partition coefficient (Wildman–Crippen LogP) is 1.91. The fourth-order valence-corrected chi connectivity index (χ4v) is 3.14. The Balaban J connectivity index is 1.55. The number of aliphatic hydroxyl groups is 1. The maximum absolute atomic E-state index is 9.93. The summed E-state index contributed by atoms with van der Waals surface area (Å²) in [6.45, 7) is 0. The second-order valence-electron chi connectivity index (χ2n) is 4.72. The van der Waals surface area contributed by atoms with Gasteiger partial charge in [-0.15, -0.1) is 21.5 Å². The number of aromatic nitrogens is 5. The summed E-state index contributed by atoms with van der Waals surface area (Å²) < 4.78 is 0. The van der Waals surface area contributed by atoms with Crippen molar-refractivity contribution >= 4 is 11.3 Å². The molecule has 0 aliphatic carbocycles. The van der Waals surface area contributed by atoms with Crippen LogP contribution in [-0.4, -0.2) is 30.7 Å². The highest BCUT2D eigenvalue weighted by molar-refractivity contribution is 7.12. The van der Waals surface area contributed by atoms with Crippen molar-refractivity contribution in [1.82, 2.24) is 25.6 Å². The largest absolute Gasteiger partial charge is 0.385 e. The number of rotatable bonds is 6. The van der Waals surface area contributed by atoms with Crippen molar-refractivity contribution in [1.29, 1.82) is 0 Å². The average Bonchev–Trinajstić information content (AvgIpc) is 3.17. The van der Waals surface area contributed by atoms with Crippen molar-refractivity contribution in [2.24, 2.45) is 0 Å². The molecule has 1 unspecified atom stereocenters. The minimum Gasteiger partial charge on any atom is -0.385 e. The zero-order valence-electron chi connectivity index (χ0n) is 11.3. The summed E-state index contributed by atoms with van der Waals surface area (Å²) in [6, 6.07) is 8.31. The molecular formula is C14H15N5OS. The van der Waals surface area contributed by atoms with Crippen LogP contribution in [0.3, 0.4) is 0 Å². The molecule has 0 spiro atoms. The van der Waals surface area contributed by atoms with E-state index in [1.54, 1.807) is 11.3 Å². The van der Waals surface area contributed by atoms with Crippen LogP contribution < -0.4 is 0 Å². The Labute approximate surface area is 125 Å². The first kappa shape index (κ1) is 13.8. The molecule has 2 N–H and O–H groups in total. The normalized spacial score (nSPS) is 12.4. The molecule has 0 fully saturated rings. The summed E-state index contributed by atoms with van der Waals surface area (Å²) in [4.78, 5) is 6.58. The smallest absolute Gasteiger partial charge is 0.202 e. The molecule has 3 aromatic rings. The first-order valence-electron chi connectivity index (χ1n) is 6.69. The van der Waals surface area contributed by atoms with Crippen LogP contribution in [0, 0.1) is 0 Å². The van der Waals surface area contributed by atoms with Crippen LogP contribution in [-0.2, 0) is 12.8 Å². The molecule has 21 heavy (non-hydrogen) atoms. The molecule has 0 aliphatic heterocycles. The van der Waals surface area contributed by atoms with E-state index >= 15 is 0 Å². The van der Waals surface area contributed by atoms with Gasteiger partial charge in [0.15, 0.2) is 0 Å². The zero-order chi connectivity index (χ0) is 14.5. The minimum atomic E-state index is -0.672. The van der Waals surface area contributed by atoms with E-state index in [9.17, 15) is 5.11 Å². The van der Waals surface area contributed by atoms with Gasteiger partial charge in [-0.1, -0.05) is 5.21 Å². The van der Waals surface area contributed by atoms with E-state index in [-0.39, 0.29) is 0 Å². The highest BCUT2D eigenvalue weighted by Crippen LogP contribution is 2.23. The Kier molecular flexibility index (Phi) is 4.32. The number of aromatic amines is 1. The number of aliphatic hydroxyl groups excluding tert-OH is 1. The molecule has 7 heteroatoms. The van der Waals surface area contributed by atoms with E-state index in [1.165, 1.54) is 15.3 Å². The van der Waals surface area contributed by atoms with Gasteiger partial charge in [-0.2, -0.15) is 5.21 Å². The van der Waals surface area contributed by atoms with E-state index < -0.39 is 6.10 Å². The third-order valence-electron chi connectivity index (χ3n) is 3.17. The lowest BCUT2D eigenvalue weighted by Gasteiger charge is -2.03. The number of hydrogen-bond acceptors (Lipinski definition) is 6. The Morgan fingerprint density at radius 1 is 1.14 bits per heavy atom. The van der Waals surface area contributed by atoms with Crippen molar-refractivity contribution in [2.45, 2.75) is 25.4 Å². The summed E-state index contributed by atoms with van der Waals surface area (Å²) in [5.74, 6) is 0.351. The Bertz CT molecular complexity index is 668. The topological polar surface area (TPSA) is 87.6 Å². The number of aryl methyl sites for hydroxylation is 1. The highest BCUT2D eigenvalue weighted by atomic mass is 32.1. The van der Waals surface area contributed by atoms with Gasteiger partial charge in [0.2, 0.25) is 5.82 Å². The van der Waals surface area contributed by atoms with Crippen LogP contribution >= 0.6 is 11.3 Å². The van der Waals surface area contributed by atoms with Gasteiger partial charge in [0.1, 0.15) is 6.10 Å². The van der Waals surface area contributed by atoms with E-state index in [2.05, 4.69) is 37.7 Å². The van der Waals surface area contributed by atoms with E-state index in [1.807, 2.05) is 24.5 Å². The SMILES string of the molecule is OC(CCc1ccc(Cc2ccncc2)s1)c1nn[nH]n1. The van der Waals surface area contributed by atoms with Gasteiger partial charge in [-0.05, 0) is 42.7 Å². The lowest BCUT2D eigenvalue weighted by molar-refractivity contribution is 0.158.